The van der Waals surface area contributed by atoms with Crippen LogP contribution in [0, 0.1) is 11.6 Å². The molecule has 0 bridgehead atoms. The molecule has 0 aliphatic heterocycles. The van der Waals surface area contributed by atoms with Crippen LogP contribution in [0.1, 0.15) is 60.8 Å². The Bertz CT molecular complexity index is 1790. The molecule has 10 nitrogen and oxygen atoms in total. The third-order valence-corrected chi connectivity index (χ3v) is 7.79. The molecule has 0 N–H and O–H groups in total. The van der Waals surface area contributed by atoms with Crippen LogP contribution in [0.5, 0.6) is 23.0 Å². The zero-order valence-corrected chi connectivity index (χ0v) is 30.8. The van der Waals surface area contributed by atoms with Crippen LogP contribution >= 0.6 is 0 Å². The van der Waals surface area contributed by atoms with Gasteiger partial charge in [-0.1, -0.05) is 25.3 Å². The Morgan fingerprint density at radius 3 is 1.21 bits per heavy atom. The van der Waals surface area contributed by atoms with Gasteiger partial charge in [0, 0.05) is 25.0 Å². The Balaban J connectivity index is 1.61. The van der Waals surface area contributed by atoms with Crippen molar-refractivity contribution in [3.63, 3.8) is 0 Å². The molecule has 0 aromatic heterocycles. The number of ether oxygens (including phenoxy) is 6. The topological polar surface area (TPSA) is 124 Å². The number of unbranched alkanes of at least 4 members (excludes halogenated alkanes) is 2. The standard InChI is InChI=1S/C40H38F8O10/c1-3-33(49)55-21-7-5-19-53-29-13-9-25(23-27(29)41)11-17-35(51)57-31-15-16-32(38(40(46,47)48)37(31)39(43,44)45)58-36(52)18-12-26-10-14-30(28(42)24-26)54-20-6-8-22-56-34(50)4-2/h3-4,9-10,13-16,23-24H,1-2,5-8,11-12,17-22H2. The number of esters is 4. The number of alkyl halides is 6. The summed E-state index contributed by atoms with van der Waals surface area (Å²) in [5, 5.41) is 0. The van der Waals surface area contributed by atoms with E-state index in [1.54, 1.807) is 0 Å². The van der Waals surface area contributed by atoms with Gasteiger partial charge in [0.1, 0.15) is 22.6 Å². The van der Waals surface area contributed by atoms with E-state index < -0.39 is 83.3 Å². The monoisotopic (exact) mass is 830 g/mol. The molecule has 0 unspecified atom stereocenters. The van der Waals surface area contributed by atoms with Crippen molar-refractivity contribution in [3.05, 3.63) is 108 Å². The van der Waals surface area contributed by atoms with Gasteiger partial charge >= 0.3 is 36.2 Å². The van der Waals surface area contributed by atoms with Gasteiger partial charge in [0.15, 0.2) is 23.1 Å². The normalized spacial score (nSPS) is 11.3. The first-order valence-electron chi connectivity index (χ1n) is 17.6. The number of aryl methyl sites for hydroxylation is 2. The predicted octanol–water partition coefficient (Wildman–Crippen LogP) is 8.86. The second-order valence-corrected chi connectivity index (χ2v) is 12.1. The molecule has 0 radical (unpaired) electrons. The molecular formula is C40H38F8O10. The largest absolute Gasteiger partial charge is 0.491 e. The van der Waals surface area contributed by atoms with Crippen molar-refractivity contribution in [1.29, 1.82) is 0 Å². The highest BCUT2D eigenvalue weighted by molar-refractivity contribution is 5.81. The van der Waals surface area contributed by atoms with E-state index in [0.717, 1.165) is 24.3 Å². The molecule has 3 aromatic carbocycles. The maximum atomic E-state index is 14.6. The van der Waals surface area contributed by atoms with E-state index in [9.17, 15) is 54.3 Å². The molecule has 58 heavy (non-hydrogen) atoms. The molecule has 18 heteroatoms. The molecule has 0 saturated carbocycles. The lowest BCUT2D eigenvalue weighted by atomic mass is 10.0. The predicted molar refractivity (Wildman–Crippen MR) is 189 cm³/mol. The van der Waals surface area contributed by atoms with Gasteiger partial charge in [0.05, 0.1) is 26.4 Å². The second-order valence-electron chi connectivity index (χ2n) is 12.1. The lowest BCUT2D eigenvalue weighted by molar-refractivity contribution is -0.165. The summed E-state index contributed by atoms with van der Waals surface area (Å²) in [5.41, 5.74) is -4.45. The molecule has 3 aromatic rings. The summed E-state index contributed by atoms with van der Waals surface area (Å²) in [6.45, 7) is 6.87. The highest BCUT2D eigenvalue weighted by Crippen LogP contribution is 2.49. The molecule has 0 aliphatic carbocycles. The Hall–Kier alpha value is -5.94. The van der Waals surface area contributed by atoms with Crippen molar-refractivity contribution >= 4 is 23.9 Å². The number of carbonyl (C=O) groups excluding carboxylic acids is 4. The maximum Gasteiger partial charge on any atom is 0.420 e. The van der Waals surface area contributed by atoms with Crippen molar-refractivity contribution in [3.8, 4) is 23.0 Å². The molecular weight excluding hydrogens is 792 g/mol. The van der Waals surface area contributed by atoms with Crippen LogP contribution < -0.4 is 18.9 Å². The van der Waals surface area contributed by atoms with Crippen LogP contribution in [0.15, 0.2) is 73.8 Å². The average molecular weight is 831 g/mol. The van der Waals surface area contributed by atoms with Crippen LogP contribution in [0.25, 0.3) is 0 Å². The van der Waals surface area contributed by atoms with Gasteiger partial charge in [0.2, 0.25) is 0 Å². The van der Waals surface area contributed by atoms with Gasteiger partial charge in [-0.3, -0.25) is 9.59 Å². The molecule has 0 amide bonds. The third kappa shape index (κ3) is 15.2. The van der Waals surface area contributed by atoms with E-state index in [1.807, 2.05) is 0 Å². The molecule has 0 saturated heterocycles. The van der Waals surface area contributed by atoms with Crippen molar-refractivity contribution in [2.45, 2.75) is 63.7 Å². The number of hydrogen-bond acceptors (Lipinski definition) is 10. The third-order valence-electron chi connectivity index (χ3n) is 7.79. The highest BCUT2D eigenvalue weighted by Gasteiger charge is 2.49. The Kier molecular flexibility index (Phi) is 17.7. The van der Waals surface area contributed by atoms with Crippen LogP contribution in [0.4, 0.5) is 35.1 Å². The first-order chi connectivity index (χ1) is 27.4. The highest BCUT2D eigenvalue weighted by atomic mass is 19.4. The number of benzene rings is 3. The fourth-order valence-electron chi connectivity index (χ4n) is 5.01. The number of carbonyl (C=O) groups is 4. The quantitative estimate of drug-likeness (QED) is 0.0319. The minimum atomic E-state index is -5.75. The molecule has 314 valence electrons. The molecule has 0 heterocycles. The van der Waals surface area contributed by atoms with Crippen molar-refractivity contribution in [2.24, 2.45) is 0 Å². The maximum absolute atomic E-state index is 14.6. The SMILES string of the molecule is C=CC(=O)OCCCCOc1ccc(CCC(=O)Oc2ccc(OC(=O)CCc3ccc(OCCCCOC(=O)C=C)c(F)c3)c(C(F)(F)F)c2C(F)(F)F)cc1F. The smallest absolute Gasteiger partial charge is 0.420 e. The van der Waals surface area contributed by atoms with Gasteiger partial charge < -0.3 is 28.4 Å². The molecule has 0 spiro atoms. The van der Waals surface area contributed by atoms with Gasteiger partial charge in [-0.05, 0) is 86.1 Å². The minimum absolute atomic E-state index is 0.0718. The number of hydrogen-bond donors (Lipinski definition) is 0. The van der Waals surface area contributed by atoms with E-state index in [-0.39, 0.29) is 61.9 Å². The fourth-order valence-corrected chi connectivity index (χ4v) is 5.01. The average Bonchev–Trinajstić information content (AvgIpc) is 3.16. The summed E-state index contributed by atoms with van der Waals surface area (Å²) < 4.78 is 144. The Labute approximate surface area is 327 Å². The second kappa shape index (κ2) is 22.1. The van der Waals surface area contributed by atoms with Gasteiger partial charge in [0.25, 0.3) is 0 Å². The van der Waals surface area contributed by atoms with Gasteiger partial charge in [-0.15, -0.1) is 0 Å². The molecule has 0 atom stereocenters. The summed E-state index contributed by atoms with van der Waals surface area (Å²) in [5.74, 6) is -8.89. The van der Waals surface area contributed by atoms with E-state index in [2.05, 4.69) is 13.2 Å². The van der Waals surface area contributed by atoms with E-state index in [1.165, 1.54) is 24.3 Å². The summed E-state index contributed by atoms with van der Waals surface area (Å²) >= 11 is 0. The summed E-state index contributed by atoms with van der Waals surface area (Å²) in [4.78, 5) is 47.1. The first kappa shape index (κ1) is 46.4. The Morgan fingerprint density at radius 2 is 0.879 bits per heavy atom. The Morgan fingerprint density at radius 1 is 0.534 bits per heavy atom. The van der Waals surface area contributed by atoms with Crippen LogP contribution in [-0.2, 0) is 53.8 Å². The van der Waals surface area contributed by atoms with Crippen molar-refractivity contribution in [1.82, 2.24) is 0 Å². The summed E-state index contributed by atoms with van der Waals surface area (Å²) in [6, 6.07) is 8.01. The fraction of sp³-hybridized carbons (Fsp3) is 0.350. The first-order valence-corrected chi connectivity index (χ1v) is 17.6. The molecule has 3 rings (SSSR count). The zero-order valence-electron chi connectivity index (χ0n) is 30.8. The molecule has 0 aliphatic rings. The van der Waals surface area contributed by atoms with Gasteiger partial charge in [-0.2, -0.15) is 26.3 Å². The number of rotatable bonds is 22. The molecule has 0 fully saturated rings. The van der Waals surface area contributed by atoms with E-state index in [0.29, 0.717) is 37.8 Å². The lowest BCUT2D eigenvalue weighted by Crippen LogP contribution is -2.22. The van der Waals surface area contributed by atoms with Crippen molar-refractivity contribution < 1.29 is 82.7 Å². The zero-order chi connectivity index (χ0) is 42.9. The minimum Gasteiger partial charge on any atom is -0.491 e. The lowest BCUT2D eigenvalue weighted by Gasteiger charge is -2.21. The van der Waals surface area contributed by atoms with E-state index in [4.69, 9.17) is 28.4 Å². The summed E-state index contributed by atoms with van der Waals surface area (Å²) in [7, 11) is 0. The number of halogens is 8. The van der Waals surface area contributed by atoms with Crippen LogP contribution in [0.3, 0.4) is 0 Å². The summed E-state index contributed by atoms with van der Waals surface area (Å²) in [6.07, 6.45) is -9.70. The van der Waals surface area contributed by atoms with E-state index >= 15 is 0 Å². The van der Waals surface area contributed by atoms with Crippen LogP contribution in [-0.4, -0.2) is 50.3 Å². The van der Waals surface area contributed by atoms with Gasteiger partial charge in [-0.25, -0.2) is 18.4 Å². The van der Waals surface area contributed by atoms with Crippen LogP contribution in [0.2, 0.25) is 0 Å². The van der Waals surface area contributed by atoms with Crippen molar-refractivity contribution in [2.75, 3.05) is 26.4 Å².